The van der Waals surface area contributed by atoms with Gasteiger partial charge in [-0.1, -0.05) is 11.3 Å². The molecule has 1 aromatic rings. The minimum atomic E-state index is -0.263. The Morgan fingerprint density at radius 2 is 2.04 bits per heavy atom. The maximum absolute atomic E-state index is 11.7. The number of carbonyl (C=O) groups is 1. The van der Waals surface area contributed by atoms with E-state index in [1.807, 2.05) is 6.92 Å². The lowest BCUT2D eigenvalue weighted by Crippen LogP contribution is -2.48. The van der Waals surface area contributed by atoms with Gasteiger partial charge in [0.1, 0.15) is 4.88 Å². The normalized spacial score (nSPS) is 19.8. The molecule has 2 fully saturated rings. The van der Waals surface area contributed by atoms with Gasteiger partial charge in [-0.25, -0.2) is 9.78 Å². The Morgan fingerprint density at radius 3 is 2.71 bits per heavy atom. The number of halogens is 1. The zero-order chi connectivity index (χ0) is 16.1. The lowest BCUT2D eigenvalue weighted by molar-refractivity contribution is 0.0532. The molecule has 0 atom stereocenters. The smallest absolute Gasteiger partial charge is 0.350 e. The lowest BCUT2D eigenvalue weighted by atomic mass is 9.97. The summed E-state index contributed by atoms with van der Waals surface area (Å²) in [6.07, 6.45) is 4.24. The molecule has 0 amide bonds. The average molecular weight is 375 g/mol. The van der Waals surface area contributed by atoms with Crippen LogP contribution in [0.5, 0.6) is 0 Å². The summed E-state index contributed by atoms with van der Waals surface area (Å²) < 4.78 is 5.03. The molecular weight excluding hydrogens is 348 g/mol. The second kappa shape index (κ2) is 9.56. The Hall–Kier alpha value is -0.890. The Morgan fingerprint density at radius 1 is 1.33 bits per heavy atom. The fourth-order valence-corrected chi connectivity index (χ4v) is 4.12. The first kappa shape index (κ1) is 19.4. The molecule has 0 unspecified atom stereocenters. The summed E-state index contributed by atoms with van der Waals surface area (Å²) in [4.78, 5) is 21.6. The van der Waals surface area contributed by atoms with Crippen molar-refractivity contribution in [1.82, 2.24) is 15.2 Å². The van der Waals surface area contributed by atoms with Gasteiger partial charge in [-0.2, -0.15) is 0 Å². The third-order valence-corrected chi connectivity index (χ3v) is 5.63. The van der Waals surface area contributed by atoms with E-state index in [1.54, 1.807) is 6.20 Å². The molecular formula is C16H27ClN4O2S. The van der Waals surface area contributed by atoms with E-state index in [-0.39, 0.29) is 18.4 Å². The van der Waals surface area contributed by atoms with Gasteiger partial charge in [-0.3, -0.25) is 4.90 Å². The van der Waals surface area contributed by atoms with Gasteiger partial charge < -0.3 is 15.0 Å². The fourth-order valence-electron chi connectivity index (χ4n) is 3.26. The summed E-state index contributed by atoms with van der Waals surface area (Å²) in [6, 6.07) is 0. The van der Waals surface area contributed by atoms with E-state index in [0.717, 1.165) is 37.2 Å². The van der Waals surface area contributed by atoms with Crippen molar-refractivity contribution < 1.29 is 9.53 Å². The van der Waals surface area contributed by atoms with Crippen molar-refractivity contribution in [1.29, 1.82) is 0 Å². The average Bonchev–Trinajstić information content (AvgIpc) is 3.07. The zero-order valence-corrected chi connectivity index (χ0v) is 15.8. The molecule has 0 bridgehead atoms. The van der Waals surface area contributed by atoms with Crippen molar-refractivity contribution in [3.8, 4) is 0 Å². The first-order valence-corrected chi connectivity index (χ1v) is 9.39. The predicted molar refractivity (Wildman–Crippen MR) is 99.6 cm³/mol. The first-order valence-electron chi connectivity index (χ1n) is 8.57. The highest BCUT2D eigenvalue weighted by atomic mass is 35.5. The molecule has 3 rings (SSSR count). The molecule has 1 N–H and O–H groups in total. The molecule has 6 nitrogen and oxygen atoms in total. The summed E-state index contributed by atoms with van der Waals surface area (Å²) in [5.74, 6) is 0.582. The second-order valence-electron chi connectivity index (χ2n) is 6.21. The van der Waals surface area contributed by atoms with Crippen LogP contribution in [0.25, 0.3) is 0 Å². The van der Waals surface area contributed by atoms with Crippen molar-refractivity contribution in [2.75, 3.05) is 57.3 Å². The predicted octanol–water partition coefficient (Wildman–Crippen LogP) is 1.86. The lowest BCUT2D eigenvalue weighted by Gasteiger charge is -2.37. The van der Waals surface area contributed by atoms with E-state index in [1.165, 1.54) is 43.8 Å². The summed E-state index contributed by atoms with van der Waals surface area (Å²) >= 11 is 1.44. The van der Waals surface area contributed by atoms with Crippen molar-refractivity contribution in [3.05, 3.63) is 11.1 Å². The van der Waals surface area contributed by atoms with E-state index in [2.05, 4.69) is 20.1 Å². The van der Waals surface area contributed by atoms with Gasteiger partial charge in [0.15, 0.2) is 5.13 Å². The number of rotatable bonds is 5. The Balaban J connectivity index is 0.00000208. The van der Waals surface area contributed by atoms with Crippen LogP contribution in [-0.2, 0) is 4.74 Å². The Bertz CT molecular complexity index is 514. The highest BCUT2D eigenvalue weighted by Crippen LogP contribution is 2.24. The summed E-state index contributed by atoms with van der Waals surface area (Å²) in [5.41, 5.74) is 0. The van der Waals surface area contributed by atoms with Crippen molar-refractivity contribution in [2.45, 2.75) is 19.8 Å². The van der Waals surface area contributed by atoms with Crippen LogP contribution in [0, 0.1) is 5.92 Å². The molecule has 0 spiro atoms. The quantitative estimate of drug-likeness (QED) is 0.794. The van der Waals surface area contributed by atoms with Gasteiger partial charge in [-0.15, -0.1) is 12.4 Å². The van der Waals surface area contributed by atoms with Crippen LogP contribution in [0.3, 0.4) is 0 Å². The SMILES string of the molecule is CCOC(=O)c1cnc(N2CCN(CC3CCNCC3)CC2)s1.Cl. The molecule has 0 aromatic carbocycles. The number of hydrogen-bond acceptors (Lipinski definition) is 7. The highest BCUT2D eigenvalue weighted by molar-refractivity contribution is 7.17. The molecule has 24 heavy (non-hydrogen) atoms. The van der Waals surface area contributed by atoms with E-state index in [9.17, 15) is 4.79 Å². The summed E-state index contributed by atoms with van der Waals surface area (Å²) in [6.45, 7) is 9.92. The number of carbonyl (C=O) groups excluding carboxylic acids is 1. The Kier molecular flexibility index (Phi) is 7.74. The fraction of sp³-hybridized carbons (Fsp3) is 0.750. The number of nitrogens with zero attached hydrogens (tertiary/aromatic N) is 3. The summed E-state index contributed by atoms with van der Waals surface area (Å²) in [7, 11) is 0. The van der Waals surface area contributed by atoms with Gasteiger partial charge in [0.2, 0.25) is 0 Å². The number of piperazine rings is 1. The standard InChI is InChI=1S/C16H26N4O2S.ClH/c1-2-22-15(21)14-11-18-16(23-14)20-9-7-19(8-10-20)12-13-3-5-17-6-4-13;/h11,13,17H,2-10,12H2,1H3;1H. The van der Waals surface area contributed by atoms with Crippen LogP contribution >= 0.6 is 23.7 Å². The summed E-state index contributed by atoms with van der Waals surface area (Å²) in [5, 5.41) is 4.37. The van der Waals surface area contributed by atoms with Crippen LogP contribution in [0.4, 0.5) is 5.13 Å². The third-order valence-electron chi connectivity index (χ3n) is 4.59. The van der Waals surface area contributed by atoms with Gasteiger partial charge in [-0.05, 0) is 38.8 Å². The zero-order valence-electron chi connectivity index (χ0n) is 14.2. The van der Waals surface area contributed by atoms with E-state index < -0.39 is 0 Å². The van der Waals surface area contributed by atoms with Crippen LogP contribution in [0.1, 0.15) is 29.4 Å². The van der Waals surface area contributed by atoms with Crippen molar-refractivity contribution in [3.63, 3.8) is 0 Å². The van der Waals surface area contributed by atoms with Gasteiger partial charge >= 0.3 is 5.97 Å². The number of thiazole rings is 1. The number of esters is 1. The topological polar surface area (TPSA) is 57.7 Å². The van der Waals surface area contributed by atoms with E-state index >= 15 is 0 Å². The number of ether oxygens (including phenoxy) is 1. The van der Waals surface area contributed by atoms with Gasteiger partial charge in [0, 0.05) is 32.7 Å². The van der Waals surface area contributed by atoms with Crippen molar-refractivity contribution >= 4 is 34.8 Å². The molecule has 0 aliphatic carbocycles. The van der Waals surface area contributed by atoms with E-state index in [4.69, 9.17) is 4.74 Å². The Labute approximate surface area is 154 Å². The molecule has 1 aromatic heterocycles. The van der Waals surface area contributed by atoms with Gasteiger partial charge in [0.25, 0.3) is 0 Å². The number of nitrogens with one attached hydrogen (secondary N) is 1. The molecule has 2 aliphatic rings. The molecule has 0 saturated carbocycles. The van der Waals surface area contributed by atoms with E-state index in [0.29, 0.717) is 11.5 Å². The maximum Gasteiger partial charge on any atom is 0.350 e. The van der Waals surface area contributed by atoms with Crippen molar-refractivity contribution in [2.24, 2.45) is 5.92 Å². The van der Waals surface area contributed by atoms with Crippen LogP contribution < -0.4 is 10.2 Å². The molecule has 2 saturated heterocycles. The highest BCUT2D eigenvalue weighted by Gasteiger charge is 2.23. The largest absolute Gasteiger partial charge is 0.462 e. The molecule has 0 radical (unpaired) electrons. The third kappa shape index (κ3) is 5.05. The number of hydrogen-bond donors (Lipinski definition) is 1. The second-order valence-corrected chi connectivity index (χ2v) is 7.22. The molecule has 8 heteroatoms. The number of aromatic nitrogens is 1. The molecule has 3 heterocycles. The van der Waals surface area contributed by atoms with Crippen LogP contribution in [0.2, 0.25) is 0 Å². The molecule has 2 aliphatic heterocycles. The molecule has 136 valence electrons. The minimum absolute atomic E-state index is 0. The maximum atomic E-state index is 11.7. The number of piperidine rings is 1. The first-order chi connectivity index (χ1) is 11.3. The minimum Gasteiger partial charge on any atom is -0.462 e. The van der Waals surface area contributed by atoms with Crippen LogP contribution in [-0.4, -0.2) is 68.3 Å². The van der Waals surface area contributed by atoms with Crippen LogP contribution in [0.15, 0.2) is 6.20 Å². The van der Waals surface area contributed by atoms with Gasteiger partial charge in [0.05, 0.1) is 12.8 Å². The monoisotopic (exact) mass is 374 g/mol. The number of anilines is 1.